The Morgan fingerprint density at radius 1 is 1.11 bits per heavy atom. The van der Waals surface area contributed by atoms with Crippen molar-refractivity contribution in [1.82, 2.24) is 10.3 Å². The first-order valence-corrected chi connectivity index (χ1v) is 9.67. The summed E-state index contributed by atoms with van der Waals surface area (Å²) in [4.78, 5) is 18.2. The summed E-state index contributed by atoms with van der Waals surface area (Å²) in [5, 5.41) is 4.10. The first-order chi connectivity index (χ1) is 13.2. The van der Waals surface area contributed by atoms with Crippen LogP contribution in [0.2, 0.25) is 0 Å². The van der Waals surface area contributed by atoms with Crippen LogP contribution in [0.1, 0.15) is 34.3 Å². The number of rotatable bonds is 6. The number of H-pyrrole nitrogens is 1. The number of amides is 1. The number of fused-ring (bicyclic) bond motifs is 1. The monoisotopic (exact) mass is 362 g/mol. The fourth-order valence-corrected chi connectivity index (χ4v) is 3.77. The van der Waals surface area contributed by atoms with Crippen molar-refractivity contribution in [2.45, 2.75) is 25.8 Å². The molecule has 1 aliphatic heterocycles. The number of nitrogens with one attached hydrogen (secondary N) is 2. The summed E-state index contributed by atoms with van der Waals surface area (Å²) in [6.07, 6.45) is 5.32. The number of carbonyl (C=O) groups excluding carboxylic acids is 1. The van der Waals surface area contributed by atoms with Gasteiger partial charge in [-0.05, 0) is 67.3 Å². The average Bonchev–Trinajstić information content (AvgIpc) is 3.37. The van der Waals surface area contributed by atoms with Crippen molar-refractivity contribution in [1.29, 1.82) is 0 Å². The lowest BCUT2D eigenvalue weighted by molar-refractivity contribution is 0.0951. The third kappa shape index (κ3) is 3.83. The molecular weight excluding hydrogens is 336 g/mol. The van der Waals surface area contributed by atoms with E-state index >= 15 is 0 Å². The lowest BCUT2D eigenvalue weighted by Gasteiger charge is -2.17. The molecule has 3 aromatic rings. The van der Waals surface area contributed by atoms with E-state index in [1.807, 2.05) is 24.4 Å². The van der Waals surface area contributed by atoms with Crippen LogP contribution >= 0.6 is 0 Å². The fraction of sp³-hybridized carbons (Fsp3) is 0.318. The summed E-state index contributed by atoms with van der Waals surface area (Å²) in [7, 11) is 0. The van der Waals surface area contributed by atoms with Gasteiger partial charge in [0.15, 0.2) is 0 Å². The highest BCUT2D eigenvalue weighted by atomic mass is 16.1. The SMILES string of the molecule is NCCc1c[nH]c2ccc(C(=O)NCc3ccc(N4CCCC4)cc3)cc12. The van der Waals surface area contributed by atoms with E-state index in [4.69, 9.17) is 5.73 Å². The second-order valence-corrected chi connectivity index (χ2v) is 7.16. The van der Waals surface area contributed by atoms with Gasteiger partial charge in [0.25, 0.3) is 5.91 Å². The molecule has 27 heavy (non-hydrogen) atoms. The van der Waals surface area contributed by atoms with Crippen LogP contribution in [0.5, 0.6) is 0 Å². The molecule has 5 heteroatoms. The zero-order chi connectivity index (χ0) is 18.6. The molecule has 1 saturated heterocycles. The molecule has 4 rings (SSSR count). The predicted molar refractivity (Wildman–Crippen MR) is 110 cm³/mol. The molecule has 0 saturated carbocycles. The Balaban J connectivity index is 1.41. The molecule has 2 heterocycles. The molecule has 1 aromatic heterocycles. The Morgan fingerprint density at radius 3 is 2.63 bits per heavy atom. The number of hydrogen-bond acceptors (Lipinski definition) is 3. The second-order valence-electron chi connectivity index (χ2n) is 7.16. The van der Waals surface area contributed by atoms with E-state index in [-0.39, 0.29) is 5.91 Å². The number of hydrogen-bond donors (Lipinski definition) is 3. The molecule has 140 valence electrons. The largest absolute Gasteiger partial charge is 0.372 e. The van der Waals surface area contributed by atoms with E-state index in [1.165, 1.54) is 18.5 Å². The van der Waals surface area contributed by atoms with E-state index in [1.54, 1.807) is 0 Å². The summed E-state index contributed by atoms with van der Waals surface area (Å²) < 4.78 is 0. The average molecular weight is 362 g/mol. The first kappa shape index (κ1) is 17.6. The van der Waals surface area contributed by atoms with Crippen LogP contribution in [-0.4, -0.2) is 30.5 Å². The highest BCUT2D eigenvalue weighted by molar-refractivity contribution is 5.98. The van der Waals surface area contributed by atoms with Gasteiger partial charge in [-0.2, -0.15) is 0 Å². The minimum absolute atomic E-state index is 0.0552. The maximum Gasteiger partial charge on any atom is 0.251 e. The summed E-state index contributed by atoms with van der Waals surface area (Å²) in [5.41, 5.74) is 10.9. The number of nitrogens with zero attached hydrogens (tertiary/aromatic N) is 1. The molecule has 5 nitrogen and oxygen atoms in total. The van der Waals surface area contributed by atoms with Crippen molar-refractivity contribution in [3.8, 4) is 0 Å². The van der Waals surface area contributed by atoms with E-state index in [0.717, 1.165) is 41.5 Å². The van der Waals surface area contributed by atoms with Gasteiger partial charge in [0.2, 0.25) is 0 Å². The number of carbonyl (C=O) groups is 1. The second kappa shape index (κ2) is 7.84. The zero-order valence-corrected chi connectivity index (χ0v) is 15.5. The van der Waals surface area contributed by atoms with E-state index in [9.17, 15) is 4.79 Å². The Hall–Kier alpha value is -2.79. The number of aromatic amines is 1. The Kier molecular flexibility index (Phi) is 5.12. The first-order valence-electron chi connectivity index (χ1n) is 9.67. The summed E-state index contributed by atoms with van der Waals surface area (Å²) in [6, 6.07) is 14.3. The summed E-state index contributed by atoms with van der Waals surface area (Å²) >= 11 is 0. The van der Waals surface area contributed by atoms with Gasteiger partial charge in [-0.3, -0.25) is 4.79 Å². The van der Waals surface area contributed by atoms with Crippen LogP contribution in [0.25, 0.3) is 10.9 Å². The molecule has 1 fully saturated rings. The predicted octanol–water partition coefficient (Wildman–Crippen LogP) is 3.20. The highest BCUT2D eigenvalue weighted by Crippen LogP contribution is 2.21. The third-order valence-electron chi connectivity index (χ3n) is 5.30. The number of aromatic nitrogens is 1. The topological polar surface area (TPSA) is 74.1 Å². The molecule has 4 N–H and O–H groups in total. The van der Waals surface area contributed by atoms with Crippen molar-refractivity contribution < 1.29 is 4.79 Å². The van der Waals surface area contributed by atoms with Gasteiger partial charge < -0.3 is 20.9 Å². The van der Waals surface area contributed by atoms with Crippen molar-refractivity contribution >= 4 is 22.5 Å². The normalized spacial score (nSPS) is 14.0. The Morgan fingerprint density at radius 2 is 1.89 bits per heavy atom. The zero-order valence-electron chi connectivity index (χ0n) is 15.5. The summed E-state index contributed by atoms with van der Waals surface area (Å²) in [6.45, 7) is 3.41. The molecule has 0 aliphatic carbocycles. The molecule has 0 bridgehead atoms. The van der Waals surface area contributed by atoms with E-state index in [2.05, 4.69) is 39.5 Å². The quantitative estimate of drug-likeness (QED) is 0.630. The van der Waals surface area contributed by atoms with Gasteiger partial charge in [0, 0.05) is 48.0 Å². The van der Waals surface area contributed by atoms with Gasteiger partial charge in [0.05, 0.1) is 0 Å². The molecular formula is C22H26N4O. The molecule has 0 radical (unpaired) electrons. The van der Waals surface area contributed by atoms with Crippen LogP contribution in [0.3, 0.4) is 0 Å². The minimum Gasteiger partial charge on any atom is -0.372 e. The summed E-state index contributed by atoms with van der Waals surface area (Å²) in [5.74, 6) is -0.0552. The van der Waals surface area contributed by atoms with Crippen LogP contribution in [0.4, 0.5) is 5.69 Å². The number of benzene rings is 2. The van der Waals surface area contributed by atoms with Crippen LogP contribution < -0.4 is 16.0 Å². The Bertz CT molecular complexity index is 923. The number of anilines is 1. The van der Waals surface area contributed by atoms with Crippen molar-refractivity contribution in [2.24, 2.45) is 5.73 Å². The van der Waals surface area contributed by atoms with E-state index < -0.39 is 0 Å². The minimum atomic E-state index is -0.0552. The molecule has 0 unspecified atom stereocenters. The lowest BCUT2D eigenvalue weighted by Crippen LogP contribution is -2.23. The maximum atomic E-state index is 12.6. The standard InChI is InChI=1S/C22H26N4O/c23-10-9-18-15-24-21-8-5-17(13-20(18)21)22(27)25-14-16-3-6-19(7-4-16)26-11-1-2-12-26/h3-8,13,15,24H,1-2,9-12,14,23H2,(H,25,27). The molecule has 2 aromatic carbocycles. The molecule has 1 amide bonds. The van der Waals surface area contributed by atoms with Crippen LogP contribution in [0, 0.1) is 0 Å². The van der Waals surface area contributed by atoms with Crippen molar-refractivity contribution in [3.05, 3.63) is 65.4 Å². The van der Waals surface area contributed by atoms with Crippen molar-refractivity contribution in [3.63, 3.8) is 0 Å². The molecule has 0 spiro atoms. The van der Waals surface area contributed by atoms with Gasteiger partial charge in [0.1, 0.15) is 0 Å². The van der Waals surface area contributed by atoms with Crippen molar-refractivity contribution in [2.75, 3.05) is 24.5 Å². The van der Waals surface area contributed by atoms with Gasteiger partial charge in [-0.15, -0.1) is 0 Å². The van der Waals surface area contributed by atoms with Gasteiger partial charge >= 0.3 is 0 Å². The maximum absolute atomic E-state index is 12.6. The lowest BCUT2D eigenvalue weighted by atomic mass is 10.1. The smallest absolute Gasteiger partial charge is 0.251 e. The molecule has 0 atom stereocenters. The van der Waals surface area contributed by atoms with E-state index in [0.29, 0.717) is 18.7 Å². The third-order valence-corrected chi connectivity index (χ3v) is 5.30. The Labute approximate surface area is 159 Å². The van der Waals surface area contributed by atoms with Crippen LogP contribution in [-0.2, 0) is 13.0 Å². The number of nitrogens with two attached hydrogens (primary N) is 1. The molecule has 1 aliphatic rings. The van der Waals surface area contributed by atoms with Gasteiger partial charge in [-0.1, -0.05) is 12.1 Å². The van der Waals surface area contributed by atoms with Crippen LogP contribution in [0.15, 0.2) is 48.7 Å². The highest BCUT2D eigenvalue weighted by Gasteiger charge is 2.12. The van der Waals surface area contributed by atoms with Gasteiger partial charge in [-0.25, -0.2) is 0 Å². The fourth-order valence-electron chi connectivity index (χ4n) is 3.77.